The summed E-state index contributed by atoms with van der Waals surface area (Å²) in [5, 5.41) is 11.3. The number of benzene rings is 3. The highest BCUT2D eigenvalue weighted by Crippen LogP contribution is 2.46. The first kappa shape index (κ1) is 21.9. The Balaban J connectivity index is 1.44. The maximum atomic E-state index is 10.2. The lowest BCUT2D eigenvalue weighted by atomic mass is 10.1. The van der Waals surface area contributed by atoms with Gasteiger partial charge in [0, 0.05) is 40.2 Å². The van der Waals surface area contributed by atoms with Gasteiger partial charge in [-0.3, -0.25) is 0 Å². The van der Waals surface area contributed by atoms with Crippen molar-refractivity contribution in [3.63, 3.8) is 0 Å². The molecule has 1 aliphatic rings. The molecule has 0 saturated carbocycles. The van der Waals surface area contributed by atoms with Crippen molar-refractivity contribution in [2.24, 2.45) is 0 Å². The van der Waals surface area contributed by atoms with Crippen molar-refractivity contribution in [3.8, 4) is 22.8 Å². The van der Waals surface area contributed by atoms with Crippen molar-refractivity contribution in [1.29, 1.82) is 0 Å². The van der Waals surface area contributed by atoms with E-state index in [-0.39, 0.29) is 0 Å². The van der Waals surface area contributed by atoms with Gasteiger partial charge in [0.05, 0.1) is 5.69 Å². The Hall–Kier alpha value is -2.89. The smallest absolute Gasteiger partial charge is 0.119 e. The minimum absolute atomic E-state index is 0.317. The molecular formula is C28H30N2O2S. The van der Waals surface area contributed by atoms with Crippen molar-refractivity contribution in [2.45, 2.75) is 31.0 Å². The van der Waals surface area contributed by atoms with Crippen molar-refractivity contribution >= 4 is 22.7 Å². The number of hydrogen-bond acceptors (Lipinski definition) is 4. The highest BCUT2D eigenvalue weighted by molar-refractivity contribution is 7.98. The molecule has 4 nitrogen and oxygen atoms in total. The number of phenolic OH excluding ortho intramolecular Hbond substituents is 1. The number of nitrogens with zero attached hydrogens (tertiary/aromatic N) is 2. The van der Waals surface area contributed by atoms with Crippen LogP contribution < -0.4 is 4.74 Å². The highest BCUT2D eigenvalue weighted by atomic mass is 32.2. The zero-order valence-electron chi connectivity index (χ0n) is 19.3. The van der Waals surface area contributed by atoms with Gasteiger partial charge in [0.1, 0.15) is 18.1 Å². The van der Waals surface area contributed by atoms with Gasteiger partial charge >= 0.3 is 0 Å². The Morgan fingerprint density at radius 2 is 1.79 bits per heavy atom. The molecule has 1 N–H and O–H groups in total. The molecule has 5 heteroatoms. The van der Waals surface area contributed by atoms with Gasteiger partial charge in [0.2, 0.25) is 0 Å². The minimum atomic E-state index is 0.317. The van der Waals surface area contributed by atoms with E-state index in [0.29, 0.717) is 12.4 Å². The van der Waals surface area contributed by atoms with Crippen LogP contribution in [0.2, 0.25) is 0 Å². The molecule has 0 radical (unpaired) electrons. The molecule has 0 fully saturated rings. The molecule has 0 atom stereocenters. The van der Waals surface area contributed by atoms with Gasteiger partial charge < -0.3 is 19.3 Å². The number of aromatic hydroxyl groups is 1. The number of thioether (sulfide) groups is 1. The minimum Gasteiger partial charge on any atom is -0.508 e. The van der Waals surface area contributed by atoms with Crippen molar-refractivity contribution in [2.75, 3.05) is 26.2 Å². The molecule has 2 heterocycles. The third kappa shape index (κ3) is 4.35. The second-order valence-electron chi connectivity index (χ2n) is 8.42. The fourth-order valence-corrected chi connectivity index (χ4v) is 5.76. The van der Waals surface area contributed by atoms with E-state index in [1.54, 1.807) is 6.07 Å². The van der Waals surface area contributed by atoms with E-state index in [1.807, 2.05) is 23.9 Å². The average molecular weight is 459 g/mol. The quantitative estimate of drug-likeness (QED) is 0.332. The van der Waals surface area contributed by atoms with E-state index < -0.39 is 0 Å². The van der Waals surface area contributed by atoms with Crippen LogP contribution in [0.1, 0.15) is 25.0 Å². The predicted octanol–water partition coefficient (Wildman–Crippen LogP) is 6.39. The third-order valence-corrected chi connectivity index (χ3v) is 7.60. The summed E-state index contributed by atoms with van der Waals surface area (Å²) in [7, 11) is 0. The number of likely N-dealkylation sites (N-methyl/N-ethyl adjacent to an activating group) is 1. The number of fused-ring (bicyclic) bond motifs is 5. The molecule has 5 rings (SSSR count). The van der Waals surface area contributed by atoms with E-state index >= 15 is 0 Å². The maximum Gasteiger partial charge on any atom is 0.119 e. The molecule has 1 aromatic heterocycles. The SMILES string of the molecule is CCN(CC)CCOc1ccc(Cn2c3c(c4cc(O)ccc42)CSc2ccccc2-3)cc1. The molecule has 0 unspecified atom stereocenters. The second kappa shape index (κ2) is 9.54. The van der Waals surface area contributed by atoms with Gasteiger partial charge in [0.25, 0.3) is 0 Å². The first-order valence-electron chi connectivity index (χ1n) is 11.7. The van der Waals surface area contributed by atoms with Crippen LogP contribution in [0.25, 0.3) is 22.2 Å². The summed E-state index contributed by atoms with van der Waals surface area (Å²) < 4.78 is 8.37. The maximum absolute atomic E-state index is 10.2. The lowest BCUT2D eigenvalue weighted by molar-refractivity contribution is 0.223. The topological polar surface area (TPSA) is 37.6 Å². The van der Waals surface area contributed by atoms with Crippen molar-refractivity contribution in [1.82, 2.24) is 9.47 Å². The van der Waals surface area contributed by atoms with Gasteiger partial charge in [-0.15, -0.1) is 11.8 Å². The van der Waals surface area contributed by atoms with E-state index in [9.17, 15) is 5.11 Å². The van der Waals surface area contributed by atoms with E-state index in [4.69, 9.17) is 4.74 Å². The third-order valence-electron chi connectivity index (χ3n) is 6.50. The molecular weight excluding hydrogens is 428 g/mol. The highest BCUT2D eigenvalue weighted by Gasteiger charge is 2.25. The molecule has 0 spiro atoms. The van der Waals surface area contributed by atoms with Crippen LogP contribution in [0.4, 0.5) is 0 Å². The number of phenols is 1. The Bertz CT molecular complexity index is 1260. The lowest BCUT2D eigenvalue weighted by Crippen LogP contribution is -2.27. The summed E-state index contributed by atoms with van der Waals surface area (Å²) in [4.78, 5) is 3.68. The van der Waals surface area contributed by atoms with E-state index in [2.05, 4.69) is 71.8 Å². The molecule has 33 heavy (non-hydrogen) atoms. The standard InChI is InChI=1S/C28H30N2O2S/c1-3-29(4-2)15-16-32-22-12-9-20(10-13-22)18-30-26-14-11-21(31)17-24(26)25-19-33-27-8-6-5-7-23(27)28(25)30/h5-14,17,31H,3-4,15-16,18-19H2,1-2H3. The summed E-state index contributed by atoms with van der Waals surface area (Å²) in [5.74, 6) is 2.15. The van der Waals surface area contributed by atoms with Crippen LogP contribution in [0.3, 0.4) is 0 Å². The zero-order chi connectivity index (χ0) is 22.8. The van der Waals surface area contributed by atoms with E-state index in [0.717, 1.165) is 48.6 Å². The van der Waals surface area contributed by atoms with Crippen LogP contribution in [0.5, 0.6) is 11.5 Å². The molecule has 0 aliphatic carbocycles. The molecule has 0 saturated heterocycles. The lowest BCUT2D eigenvalue weighted by Gasteiger charge is -2.20. The predicted molar refractivity (Wildman–Crippen MR) is 137 cm³/mol. The van der Waals surface area contributed by atoms with Crippen molar-refractivity contribution in [3.05, 3.63) is 77.9 Å². The molecule has 4 aromatic rings. The summed E-state index contributed by atoms with van der Waals surface area (Å²) >= 11 is 1.87. The fourth-order valence-electron chi connectivity index (χ4n) is 4.67. The van der Waals surface area contributed by atoms with Crippen LogP contribution in [0, 0.1) is 0 Å². The van der Waals surface area contributed by atoms with Gasteiger partial charge in [-0.2, -0.15) is 0 Å². The second-order valence-corrected chi connectivity index (χ2v) is 9.44. The molecule has 3 aromatic carbocycles. The Labute approximate surface area is 199 Å². The number of hydrogen-bond donors (Lipinski definition) is 1. The van der Waals surface area contributed by atoms with Gasteiger partial charge in [-0.05, 0) is 60.6 Å². The van der Waals surface area contributed by atoms with Crippen LogP contribution >= 0.6 is 11.8 Å². The number of aromatic nitrogens is 1. The Kier molecular flexibility index (Phi) is 6.34. The largest absolute Gasteiger partial charge is 0.508 e. The van der Waals surface area contributed by atoms with Crippen LogP contribution in [-0.2, 0) is 12.3 Å². The summed E-state index contributed by atoms with van der Waals surface area (Å²) in [6.45, 7) is 8.88. The molecule has 0 amide bonds. The monoisotopic (exact) mass is 458 g/mol. The van der Waals surface area contributed by atoms with Crippen LogP contribution in [0.15, 0.2) is 71.6 Å². The number of rotatable bonds is 8. The van der Waals surface area contributed by atoms with Crippen molar-refractivity contribution < 1.29 is 9.84 Å². The molecule has 1 aliphatic heterocycles. The van der Waals surface area contributed by atoms with Crippen LogP contribution in [-0.4, -0.2) is 40.8 Å². The zero-order valence-corrected chi connectivity index (χ0v) is 20.1. The van der Waals surface area contributed by atoms with E-state index in [1.165, 1.54) is 27.3 Å². The Morgan fingerprint density at radius 1 is 1.00 bits per heavy atom. The van der Waals surface area contributed by atoms with Gasteiger partial charge in [-0.25, -0.2) is 0 Å². The summed E-state index contributed by atoms with van der Waals surface area (Å²) in [5.41, 5.74) is 6.24. The summed E-state index contributed by atoms with van der Waals surface area (Å²) in [6, 6.07) is 22.8. The first-order valence-corrected chi connectivity index (χ1v) is 12.7. The molecule has 170 valence electrons. The van der Waals surface area contributed by atoms with Gasteiger partial charge in [0.15, 0.2) is 0 Å². The summed E-state index contributed by atoms with van der Waals surface area (Å²) in [6.07, 6.45) is 0. The Morgan fingerprint density at radius 3 is 2.58 bits per heavy atom. The number of ether oxygens (including phenoxy) is 1. The van der Waals surface area contributed by atoms with Gasteiger partial charge in [-0.1, -0.05) is 44.2 Å². The fraction of sp³-hybridized carbons (Fsp3) is 0.286. The average Bonchev–Trinajstić information content (AvgIpc) is 3.16. The first-order chi connectivity index (χ1) is 16.2. The normalized spacial score (nSPS) is 12.7. The molecule has 0 bridgehead atoms.